The first-order chi connectivity index (χ1) is 9.50. The molecule has 0 aliphatic carbocycles. The molecule has 0 N–H and O–H groups in total. The Hall–Kier alpha value is -2.81. The number of aromatic nitrogens is 2. The van der Waals surface area contributed by atoms with Crippen molar-refractivity contribution >= 4 is 23.0 Å². The van der Waals surface area contributed by atoms with Gasteiger partial charge in [0.05, 0.1) is 9.85 Å². The van der Waals surface area contributed by atoms with E-state index >= 15 is 0 Å². The quantitative estimate of drug-likeness (QED) is 0.483. The predicted molar refractivity (Wildman–Crippen MR) is 66.9 cm³/mol. The second-order valence-electron chi connectivity index (χ2n) is 3.40. The van der Waals surface area contributed by atoms with Crippen LogP contribution in [0.4, 0.5) is 11.4 Å². The van der Waals surface area contributed by atoms with Crippen molar-refractivity contribution in [2.75, 3.05) is 0 Å². The lowest BCUT2D eigenvalue weighted by atomic mass is 10.3. The lowest BCUT2D eigenvalue weighted by Crippen LogP contribution is -2.00. The number of halogens is 1. The normalized spacial score (nSPS) is 10.1. The predicted octanol–water partition coefficient (Wildman–Crippen LogP) is 2.74. The van der Waals surface area contributed by atoms with Gasteiger partial charge >= 0.3 is 17.3 Å². The minimum Gasteiger partial charge on any atom is -0.426 e. The van der Waals surface area contributed by atoms with E-state index in [9.17, 15) is 20.2 Å². The summed E-state index contributed by atoms with van der Waals surface area (Å²) in [7, 11) is 0. The van der Waals surface area contributed by atoms with Gasteiger partial charge in [0, 0.05) is 6.07 Å². The Bertz CT molecular complexity index is 693. The summed E-state index contributed by atoms with van der Waals surface area (Å²) < 4.78 is 5.13. The summed E-state index contributed by atoms with van der Waals surface area (Å²) in [6.07, 6.45) is 0.958. The minimum absolute atomic E-state index is 0.185. The summed E-state index contributed by atoms with van der Waals surface area (Å²) in [5.41, 5.74) is -1.01. The first-order valence-electron chi connectivity index (χ1n) is 5.07. The maximum Gasteiger partial charge on any atom is 0.368 e. The molecule has 0 bridgehead atoms. The Morgan fingerprint density at radius 2 is 1.80 bits per heavy atom. The van der Waals surface area contributed by atoms with Crippen LogP contribution in [-0.2, 0) is 0 Å². The first-order valence-corrected chi connectivity index (χ1v) is 5.44. The Morgan fingerprint density at radius 1 is 1.10 bits per heavy atom. The van der Waals surface area contributed by atoms with Crippen LogP contribution in [0.25, 0.3) is 0 Å². The Labute approximate surface area is 116 Å². The fourth-order valence-electron chi connectivity index (χ4n) is 1.37. The highest BCUT2D eigenvalue weighted by Crippen LogP contribution is 2.36. The summed E-state index contributed by atoms with van der Waals surface area (Å²) >= 11 is 5.59. The van der Waals surface area contributed by atoms with E-state index in [2.05, 4.69) is 9.97 Å². The molecule has 0 radical (unpaired) electrons. The number of hydrogen-bond donors (Lipinski definition) is 0. The maximum atomic E-state index is 10.9. The molecule has 0 amide bonds. The van der Waals surface area contributed by atoms with E-state index in [-0.39, 0.29) is 11.4 Å². The Balaban J connectivity index is 2.49. The van der Waals surface area contributed by atoms with Gasteiger partial charge in [-0.05, 0) is 6.07 Å². The van der Waals surface area contributed by atoms with Crippen LogP contribution in [-0.4, -0.2) is 19.8 Å². The average molecular weight is 297 g/mol. The van der Waals surface area contributed by atoms with Crippen LogP contribution >= 0.6 is 11.6 Å². The van der Waals surface area contributed by atoms with E-state index in [1.54, 1.807) is 0 Å². The third-order valence-electron chi connectivity index (χ3n) is 2.20. The minimum atomic E-state index is -0.827. The standard InChI is InChI=1S/C10H5ClN4O5/c11-9-8(15(18)19)10(13-5-12-9)20-7-4-2-1-3-6(7)14(16)17/h1-5H. The third kappa shape index (κ3) is 2.62. The lowest BCUT2D eigenvalue weighted by Gasteiger charge is -2.05. The molecule has 0 fully saturated rings. The van der Waals surface area contributed by atoms with Gasteiger partial charge in [-0.3, -0.25) is 20.2 Å². The summed E-state index contributed by atoms with van der Waals surface area (Å²) in [5.74, 6) is -0.653. The maximum absolute atomic E-state index is 10.9. The summed E-state index contributed by atoms with van der Waals surface area (Å²) in [6, 6.07) is 5.41. The van der Waals surface area contributed by atoms with Crippen molar-refractivity contribution in [1.82, 2.24) is 9.97 Å². The van der Waals surface area contributed by atoms with E-state index in [4.69, 9.17) is 16.3 Å². The van der Waals surface area contributed by atoms with Gasteiger partial charge in [-0.2, -0.15) is 4.98 Å². The molecule has 102 valence electrons. The highest BCUT2D eigenvalue weighted by molar-refractivity contribution is 6.31. The largest absolute Gasteiger partial charge is 0.426 e. The second kappa shape index (κ2) is 5.45. The fourth-order valence-corrected chi connectivity index (χ4v) is 1.56. The zero-order chi connectivity index (χ0) is 14.7. The van der Waals surface area contributed by atoms with Gasteiger partial charge < -0.3 is 4.74 Å². The molecular formula is C10H5ClN4O5. The van der Waals surface area contributed by atoms with Crippen LogP contribution < -0.4 is 4.74 Å². The van der Waals surface area contributed by atoms with E-state index < -0.39 is 26.6 Å². The van der Waals surface area contributed by atoms with Gasteiger partial charge in [0.2, 0.25) is 10.9 Å². The second-order valence-corrected chi connectivity index (χ2v) is 3.76. The van der Waals surface area contributed by atoms with E-state index in [1.807, 2.05) is 0 Å². The third-order valence-corrected chi connectivity index (χ3v) is 2.47. The SMILES string of the molecule is O=[N+]([O-])c1ccccc1Oc1ncnc(Cl)c1[N+](=O)[O-]. The molecule has 1 aromatic carbocycles. The molecule has 0 unspecified atom stereocenters. The molecule has 9 nitrogen and oxygen atoms in total. The molecule has 0 spiro atoms. The van der Waals surface area contributed by atoms with Crippen LogP contribution in [0.1, 0.15) is 0 Å². The van der Waals surface area contributed by atoms with E-state index in [0.717, 1.165) is 6.33 Å². The van der Waals surface area contributed by atoms with Crippen molar-refractivity contribution in [3.63, 3.8) is 0 Å². The van der Waals surface area contributed by atoms with E-state index in [1.165, 1.54) is 24.3 Å². The monoisotopic (exact) mass is 296 g/mol. The molecule has 1 aromatic heterocycles. The van der Waals surface area contributed by atoms with Crippen LogP contribution in [0.5, 0.6) is 11.6 Å². The van der Waals surface area contributed by atoms with E-state index in [0.29, 0.717) is 0 Å². The Kier molecular flexibility index (Phi) is 3.71. The number of ether oxygens (including phenoxy) is 1. The molecule has 0 atom stereocenters. The molecule has 2 aromatic rings. The highest BCUT2D eigenvalue weighted by atomic mass is 35.5. The van der Waals surface area contributed by atoms with Crippen molar-refractivity contribution in [2.45, 2.75) is 0 Å². The molecule has 10 heteroatoms. The summed E-state index contributed by atoms with van der Waals surface area (Å²) in [4.78, 5) is 27.2. The van der Waals surface area contributed by atoms with Gasteiger partial charge in [0.15, 0.2) is 0 Å². The number of para-hydroxylation sites is 2. The number of nitro benzene ring substituents is 1. The fraction of sp³-hybridized carbons (Fsp3) is 0. The van der Waals surface area contributed by atoms with Gasteiger partial charge in [-0.1, -0.05) is 23.7 Å². The average Bonchev–Trinajstić information content (AvgIpc) is 2.38. The van der Waals surface area contributed by atoms with Crippen molar-refractivity contribution in [3.05, 3.63) is 56.0 Å². The number of rotatable bonds is 4. The van der Waals surface area contributed by atoms with Crippen LogP contribution in [0.2, 0.25) is 5.15 Å². The van der Waals surface area contributed by atoms with Crippen molar-refractivity contribution in [1.29, 1.82) is 0 Å². The number of benzene rings is 1. The molecule has 0 aliphatic heterocycles. The van der Waals surface area contributed by atoms with Gasteiger partial charge in [0.25, 0.3) is 0 Å². The Morgan fingerprint density at radius 3 is 2.45 bits per heavy atom. The molecule has 20 heavy (non-hydrogen) atoms. The molecule has 0 saturated heterocycles. The van der Waals surface area contributed by atoms with Crippen LogP contribution in [0.15, 0.2) is 30.6 Å². The number of hydrogen-bond acceptors (Lipinski definition) is 7. The smallest absolute Gasteiger partial charge is 0.368 e. The highest BCUT2D eigenvalue weighted by Gasteiger charge is 2.25. The number of nitrogens with zero attached hydrogens (tertiary/aromatic N) is 4. The van der Waals surface area contributed by atoms with Crippen molar-refractivity contribution < 1.29 is 14.6 Å². The van der Waals surface area contributed by atoms with Gasteiger partial charge in [-0.25, -0.2) is 4.98 Å². The van der Waals surface area contributed by atoms with Crippen LogP contribution in [0, 0.1) is 20.2 Å². The lowest BCUT2D eigenvalue weighted by molar-refractivity contribution is -0.387. The molecule has 0 aliphatic rings. The molecule has 1 heterocycles. The summed E-state index contributed by atoms with van der Waals surface area (Å²) in [5, 5.41) is 21.3. The molecule has 2 rings (SSSR count). The zero-order valence-electron chi connectivity index (χ0n) is 9.59. The number of nitro groups is 2. The molecular weight excluding hydrogens is 292 g/mol. The zero-order valence-corrected chi connectivity index (χ0v) is 10.4. The van der Waals surface area contributed by atoms with Gasteiger partial charge in [0.1, 0.15) is 6.33 Å². The van der Waals surface area contributed by atoms with Crippen LogP contribution in [0.3, 0.4) is 0 Å². The first kappa shape index (κ1) is 13.6. The van der Waals surface area contributed by atoms with Crippen molar-refractivity contribution in [2.24, 2.45) is 0 Å². The topological polar surface area (TPSA) is 121 Å². The summed E-state index contributed by atoms with van der Waals surface area (Å²) in [6.45, 7) is 0. The van der Waals surface area contributed by atoms with Gasteiger partial charge in [-0.15, -0.1) is 0 Å². The van der Waals surface area contributed by atoms with Crippen molar-refractivity contribution in [3.8, 4) is 11.6 Å². The molecule has 0 saturated carbocycles.